The SMILES string of the molecule is O=C(CN1CC[C@@](CO)(C(=O)Nc2ccc3[nH]nc(-c4ccc(F)cc4)c3c2)C1)N1CCC(C2=CC=C(c3ncccn3)CC2)CC1. The Morgan fingerprint density at radius 3 is 2.53 bits per heavy atom. The predicted octanol–water partition coefficient (Wildman–Crippen LogP) is 4.82. The van der Waals surface area contributed by atoms with Crippen LogP contribution in [0.25, 0.3) is 27.7 Å². The quantitative estimate of drug-likeness (QED) is 0.253. The summed E-state index contributed by atoms with van der Waals surface area (Å²) in [7, 11) is 0. The Morgan fingerprint density at radius 1 is 1.02 bits per heavy atom. The Morgan fingerprint density at radius 2 is 1.81 bits per heavy atom. The van der Waals surface area contributed by atoms with E-state index < -0.39 is 5.41 Å². The van der Waals surface area contributed by atoms with Crippen molar-refractivity contribution in [1.82, 2.24) is 30.0 Å². The highest BCUT2D eigenvalue weighted by Crippen LogP contribution is 2.35. The molecule has 0 saturated carbocycles. The molecule has 3 aliphatic rings. The number of allylic oxidation sites excluding steroid dienone is 4. The average molecular weight is 636 g/mol. The molecule has 2 aliphatic heterocycles. The molecule has 4 aromatic rings. The van der Waals surface area contributed by atoms with Crippen LogP contribution in [-0.2, 0) is 9.59 Å². The van der Waals surface area contributed by atoms with Gasteiger partial charge in [-0.05, 0) is 98.7 Å². The van der Waals surface area contributed by atoms with E-state index in [1.54, 1.807) is 30.6 Å². The number of hydrogen-bond donors (Lipinski definition) is 3. The fourth-order valence-electron chi connectivity index (χ4n) is 7.10. The molecule has 47 heavy (non-hydrogen) atoms. The van der Waals surface area contributed by atoms with Gasteiger partial charge in [-0.1, -0.05) is 17.7 Å². The van der Waals surface area contributed by atoms with Crippen LogP contribution in [0.2, 0.25) is 0 Å². The Kier molecular flexibility index (Phi) is 8.66. The first-order valence-corrected chi connectivity index (χ1v) is 16.2. The van der Waals surface area contributed by atoms with Crippen molar-refractivity contribution >= 4 is 34.0 Å². The van der Waals surface area contributed by atoms with Crippen molar-refractivity contribution in [2.45, 2.75) is 32.1 Å². The number of aliphatic hydroxyl groups excluding tert-OH is 1. The number of halogens is 1. The van der Waals surface area contributed by atoms with E-state index in [0.717, 1.165) is 66.6 Å². The predicted molar refractivity (Wildman–Crippen MR) is 177 cm³/mol. The molecule has 1 aliphatic carbocycles. The van der Waals surface area contributed by atoms with Crippen molar-refractivity contribution in [1.29, 1.82) is 0 Å². The fraction of sp³-hybridized carbons (Fsp3) is 0.361. The zero-order valence-electron chi connectivity index (χ0n) is 26.2. The largest absolute Gasteiger partial charge is 0.395 e. The molecule has 10 nitrogen and oxygen atoms in total. The van der Waals surface area contributed by atoms with Crippen LogP contribution in [0.15, 0.2) is 78.6 Å². The second-order valence-electron chi connectivity index (χ2n) is 12.9. The van der Waals surface area contributed by atoms with E-state index in [2.05, 4.69) is 37.6 Å². The normalized spacial score (nSPS) is 20.7. The van der Waals surface area contributed by atoms with Gasteiger partial charge in [-0.15, -0.1) is 0 Å². The third-order valence-corrected chi connectivity index (χ3v) is 9.92. The van der Waals surface area contributed by atoms with E-state index in [4.69, 9.17) is 0 Å². The molecule has 242 valence electrons. The van der Waals surface area contributed by atoms with Crippen LogP contribution < -0.4 is 5.32 Å². The lowest BCUT2D eigenvalue weighted by Gasteiger charge is -2.35. The van der Waals surface area contributed by atoms with Crippen molar-refractivity contribution in [2.24, 2.45) is 11.3 Å². The van der Waals surface area contributed by atoms with E-state index in [1.807, 2.05) is 28.0 Å². The van der Waals surface area contributed by atoms with Gasteiger partial charge >= 0.3 is 0 Å². The van der Waals surface area contributed by atoms with Crippen LogP contribution in [0, 0.1) is 17.2 Å². The van der Waals surface area contributed by atoms with E-state index in [-0.39, 0.29) is 30.8 Å². The van der Waals surface area contributed by atoms with Crippen LogP contribution in [0.4, 0.5) is 10.1 Å². The highest BCUT2D eigenvalue weighted by Gasteiger charge is 2.45. The monoisotopic (exact) mass is 635 g/mol. The zero-order chi connectivity index (χ0) is 32.4. The van der Waals surface area contributed by atoms with E-state index >= 15 is 0 Å². The molecule has 3 N–H and O–H groups in total. The molecule has 2 saturated heterocycles. The molecule has 0 spiro atoms. The van der Waals surface area contributed by atoms with Crippen molar-refractivity contribution in [3.63, 3.8) is 0 Å². The van der Waals surface area contributed by atoms with Gasteiger partial charge in [0, 0.05) is 48.7 Å². The molecule has 1 atom stereocenters. The number of carbonyl (C=O) groups is 2. The number of aliphatic hydroxyl groups is 1. The molecular formula is C36H38FN7O3. The Hall–Kier alpha value is -4.74. The summed E-state index contributed by atoms with van der Waals surface area (Å²) in [6.07, 6.45) is 12.2. The van der Waals surface area contributed by atoms with Gasteiger partial charge in [-0.3, -0.25) is 19.6 Å². The summed E-state index contributed by atoms with van der Waals surface area (Å²) in [4.78, 5) is 39.6. The minimum atomic E-state index is -1.01. The lowest BCUT2D eigenvalue weighted by Crippen LogP contribution is -2.46. The van der Waals surface area contributed by atoms with E-state index in [9.17, 15) is 19.1 Å². The summed E-state index contributed by atoms with van der Waals surface area (Å²) < 4.78 is 13.5. The minimum Gasteiger partial charge on any atom is -0.395 e. The molecular weight excluding hydrogens is 597 g/mol. The third-order valence-electron chi connectivity index (χ3n) is 9.92. The van der Waals surface area contributed by atoms with Gasteiger partial charge < -0.3 is 15.3 Å². The fourth-order valence-corrected chi connectivity index (χ4v) is 7.10. The number of amides is 2. The smallest absolute Gasteiger partial charge is 0.236 e. The molecule has 0 radical (unpaired) electrons. The van der Waals surface area contributed by atoms with Crippen molar-refractivity contribution in [3.8, 4) is 11.3 Å². The molecule has 2 fully saturated rings. The summed E-state index contributed by atoms with van der Waals surface area (Å²) in [5.74, 6) is 0.725. The number of carbonyl (C=O) groups excluding carboxylic acids is 2. The number of likely N-dealkylation sites (tertiary alicyclic amines) is 2. The molecule has 2 aromatic carbocycles. The van der Waals surface area contributed by atoms with Gasteiger partial charge in [0.15, 0.2) is 5.82 Å². The summed E-state index contributed by atoms with van der Waals surface area (Å²) >= 11 is 0. The summed E-state index contributed by atoms with van der Waals surface area (Å²) in [5.41, 5.74) is 4.36. The molecule has 2 amide bonds. The van der Waals surface area contributed by atoms with Crippen LogP contribution in [-0.4, -0.2) is 86.2 Å². The van der Waals surface area contributed by atoms with E-state index in [0.29, 0.717) is 36.8 Å². The molecule has 11 heteroatoms. The maximum absolute atomic E-state index is 13.6. The van der Waals surface area contributed by atoms with Crippen LogP contribution in [0.1, 0.15) is 37.9 Å². The van der Waals surface area contributed by atoms with Crippen LogP contribution >= 0.6 is 0 Å². The van der Waals surface area contributed by atoms with Gasteiger partial charge in [-0.2, -0.15) is 5.10 Å². The topological polar surface area (TPSA) is 127 Å². The van der Waals surface area contributed by atoms with Gasteiger partial charge in [0.1, 0.15) is 5.82 Å². The first kappa shape index (κ1) is 30.9. The number of hydrogen-bond acceptors (Lipinski definition) is 7. The number of rotatable bonds is 8. The maximum Gasteiger partial charge on any atom is 0.236 e. The molecule has 4 heterocycles. The van der Waals surface area contributed by atoms with Crippen molar-refractivity contribution in [2.75, 3.05) is 44.6 Å². The highest BCUT2D eigenvalue weighted by molar-refractivity contribution is 6.00. The second-order valence-corrected chi connectivity index (χ2v) is 12.9. The number of benzene rings is 2. The Bertz CT molecular complexity index is 1830. The van der Waals surface area contributed by atoms with Gasteiger partial charge in [0.25, 0.3) is 0 Å². The lowest BCUT2D eigenvalue weighted by atomic mass is 9.83. The van der Waals surface area contributed by atoms with Gasteiger partial charge in [0.05, 0.1) is 29.8 Å². The minimum absolute atomic E-state index is 0.0670. The Balaban J connectivity index is 0.935. The van der Waals surface area contributed by atoms with Crippen molar-refractivity contribution in [3.05, 3.63) is 90.3 Å². The third kappa shape index (κ3) is 6.45. The number of nitrogens with zero attached hydrogens (tertiary/aromatic N) is 5. The number of piperidine rings is 1. The van der Waals surface area contributed by atoms with Gasteiger partial charge in [0.2, 0.25) is 11.8 Å². The number of fused-ring (bicyclic) bond motifs is 1. The summed E-state index contributed by atoms with van der Waals surface area (Å²) in [5, 5.41) is 21.6. The number of aromatic nitrogens is 4. The number of nitrogens with one attached hydrogen (secondary N) is 2. The lowest BCUT2D eigenvalue weighted by molar-refractivity contribution is -0.134. The first-order chi connectivity index (χ1) is 22.9. The summed E-state index contributed by atoms with van der Waals surface area (Å²) in [6.45, 7) is 2.21. The van der Waals surface area contributed by atoms with Crippen molar-refractivity contribution < 1.29 is 19.1 Å². The van der Waals surface area contributed by atoms with Gasteiger partial charge in [-0.25, -0.2) is 14.4 Å². The summed E-state index contributed by atoms with van der Waals surface area (Å²) in [6, 6.07) is 13.4. The van der Waals surface area contributed by atoms with E-state index in [1.165, 1.54) is 17.7 Å². The molecule has 0 bridgehead atoms. The molecule has 7 rings (SSSR count). The molecule has 0 unspecified atom stereocenters. The van der Waals surface area contributed by atoms with Crippen LogP contribution in [0.5, 0.6) is 0 Å². The Labute approximate surface area is 272 Å². The maximum atomic E-state index is 13.6. The zero-order valence-corrected chi connectivity index (χ0v) is 26.2. The molecule has 2 aromatic heterocycles. The second kappa shape index (κ2) is 13.2. The number of H-pyrrole nitrogens is 1. The standard InChI is InChI=1S/C36H38FN7O3/c37-28-8-6-26(7-9-28)33-30-20-29(10-11-31(30)41-42-33)40-35(47)36(23-45)14-19-43(22-36)21-32(46)44-17-12-25(13-18-44)24-2-4-27(5-3-24)34-38-15-1-16-39-34/h1-2,4,6-11,15-16,20,25,45H,3,5,12-14,17-19,21-23H2,(H,40,47)(H,41,42)/t36-/m1/s1. The average Bonchev–Trinajstić information content (AvgIpc) is 3.74. The first-order valence-electron chi connectivity index (χ1n) is 16.2. The highest BCUT2D eigenvalue weighted by atomic mass is 19.1. The number of aromatic amines is 1. The van der Waals surface area contributed by atoms with Crippen LogP contribution in [0.3, 0.4) is 0 Å². The number of anilines is 1.